The van der Waals surface area contributed by atoms with Crippen molar-refractivity contribution >= 4 is 49.1 Å². The van der Waals surface area contributed by atoms with E-state index in [1.807, 2.05) is 43.3 Å². The highest BCUT2D eigenvalue weighted by Crippen LogP contribution is 2.31. The Morgan fingerprint density at radius 3 is 2.27 bits per heavy atom. The number of para-hydroxylation sites is 1. The first-order valence-corrected chi connectivity index (χ1v) is 13.4. The molecule has 1 aromatic heterocycles. The lowest BCUT2D eigenvalue weighted by molar-refractivity contribution is -0.114. The van der Waals surface area contributed by atoms with Gasteiger partial charge in [0.2, 0.25) is 5.91 Å². The molecular weight excluding hydrogens is 489 g/mol. The second-order valence-corrected chi connectivity index (χ2v) is 10.7. The summed E-state index contributed by atoms with van der Waals surface area (Å²) < 4.78 is 43.8. The average molecular weight is 516 g/mol. The zero-order valence-electron chi connectivity index (χ0n) is 20.5. The van der Waals surface area contributed by atoms with Gasteiger partial charge in [0.1, 0.15) is 12.4 Å². The van der Waals surface area contributed by atoms with Gasteiger partial charge in [-0.1, -0.05) is 35.9 Å². The number of hydrogen-bond donors (Lipinski definition) is 1. The molecule has 0 saturated carbocycles. The van der Waals surface area contributed by atoms with Crippen molar-refractivity contribution in [1.82, 2.24) is 4.57 Å². The van der Waals surface area contributed by atoms with Gasteiger partial charge < -0.3 is 9.88 Å². The second kappa shape index (κ2) is 9.71. The molecule has 0 unspecified atom stereocenters. The van der Waals surface area contributed by atoms with E-state index in [1.165, 1.54) is 36.4 Å². The van der Waals surface area contributed by atoms with Crippen LogP contribution in [0.3, 0.4) is 0 Å². The molecule has 8 heteroatoms. The number of nitrogens with zero attached hydrogens (tertiary/aromatic N) is 2. The van der Waals surface area contributed by atoms with Crippen LogP contribution in [-0.4, -0.2) is 25.4 Å². The molecule has 0 aliphatic rings. The highest BCUT2D eigenvalue weighted by Gasteiger charge is 2.27. The van der Waals surface area contributed by atoms with Gasteiger partial charge in [-0.3, -0.25) is 9.10 Å². The van der Waals surface area contributed by atoms with E-state index in [-0.39, 0.29) is 10.6 Å². The van der Waals surface area contributed by atoms with Crippen LogP contribution in [0, 0.1) is 12.7 Å². The largest absolute Gasteiger partial charge is 0.341 e. The number of sulfonamides is 1. The van der Waals surface area contributed by atoms with Crippen molar-refractivity contribution in [2.45, 2.75) is 25.3 Å². The molecule has 1 heterocycles. The van der Waals surface area contributed by atoms with E-state index in [0.29, 0.717) is 5.69 Å². The van der Waals surface area contributed by atoms with Gasteiger partial charge in [-0.2, -0.15) is 0 Å². The van der Waals surface area contributed by atoms with Crippen LogP contribution in [0.15, 0.2) is 95.9 Å². The van der Waals surface area contributed by atoms with Gasteiger partial charge in [0, 0.05) is 34.0 Å². The second-order valence-electron chi connectivity index (χ2n) is 8.84. The lowest BCUT2D eigenvalue weighted by atomic mass is 10.1. The number of nitrogens with one attached hydrogen (secondary N) is 1. The Labute approximate surface area is 215 Å². The number of rotatable bonds is 7. The molecule has 0 aliphatic carbocycles. The first kappa shape index (κ1) is 24.5. The van der Waals surface area contributed by atoms with Gasteiger partial charge >= 0.3 is 0 Å². The highest BCUT2D eigenvalue weighted by atomic mass is 32.2. The van der Waals surface area contributed by atoms with E-state index in [1.54, 1.807) is 12.1 Å². The van der Waals surface area contributed by atoms with Gasteiger partial charge in [0.15, 0.2) is 0 Å². The average Bonchev–Trinajstić information content (AvgIpc) is 3.21. The summed E-state index contributed by atoms with van der Waals surface area (Å²) in [6.07, 6.45) is 0. The molecule has 0 atom stereocenters. The molecule has 188 valence electrons. The van der Waals surface area contributed by atoms with E-state index in [4.69, 9.17) is 0 Å². The van der Waals surface area contributed by atoms with E-state index in [0.717, 1.165) is 38.2 Å². The molecule has 0 saturated heterocycles. The third-order valence-corrected chi connectivity index (χ3v) is 8.17. The van der Waals surface area contributed by atoms with Gasteiger partial charge in [-0.05, 0) is 74.5 Å². The number of fused-ring (bicyclic) bond motifs is 3. The summed E-state index contributed by atoms with van der Waals surface area (Å²) in [5, 5.41) is 4.91. The Kier molecular flexibility index (Phi) is 6.43. The molecule has 0 spiro atoms. The quantitative estimate of drug-likeness (QED) is 0.285. The Morgan fingerprint density at radius 2 is 1.57 bits per heavy atom. The molecule has 0 radical (unpaired) electrons. The third kappa shape index (κ3) is 4.68. The number of benzene rings is 4. The molecule has 1 amide bonds. The monoisotopic (exact) mass is 515 g/mol. The number of halogens is 1. The SMILES string of the molecule is CCn1c2ccccc2c2cc(NC(=O)CN(c3ccc(F)cc3)S(=O)(=O)c3ccc(C)cc3)ccc21. The van der Waals surface area contributed by atoms with Crippen molar-refractivity contribution in [3.05, 3.63) is 102 Å². The molecule has 0 bridgehead atoms. The van der Waals surface area contributed by atoms with E-state index >= 15 is 0 Å². The van der Waals surface area contributed by atoms with Crippen LogP contribution in [0.25, 0.3) is 21.8 Å². The maximum absolute atomic E-state index is 13.6. The Balaban J connectivity index is 1.47. The predicted molar refractivity (Wildman–Crippen MR) is 146 cm³/mol. The van der Waals surface area contributed by atoms with Gasteiger partial charge in [0.25, 0.3) is 10.0 Å². The molecule has 5 rings (SSSR count). The fourth-order valence-electron chi connectivity index (χ4n) is 4.56. The summed E-state index contributed by atoms with van der Waals surface area (Å²) in [6.45, 7) is 4.27. The molecule has 0 aliphatic heterocycles. The first-order valence-electron chi connectivity index (χ1n) is 11.9. The van der Waals surface area contributed by atoms with Crippen molar-refractivity contribution < 1.29 is 17.6 Å². The Hall–Kier alpha value is -4.17. The Morgan fingerprint density at radius 1 is 0.892 bits per heavy atom. The molecule has 5 aromatic rings. The first-order chi connectivity index (χ1) is 17.8. The highest BCUT2D eigenvalue weighted by molar-refractivity contribution is 7.92. The zero-order valence-corrected chi connectivity index (χ0v) is 21.3. The number of aromatic nitrogens is 1. The van der Waals surface area contributed by atoms with Gasteiger partial charge in [0.05, 0.1) is 10.6 Å². The minimum absolute atomic E-state index is 0.0454. The van der Waals surface area contributed by atoms with Gasteiger partial charge in [-0.25, -0.2) is 12.8 Å². The molecule has 4 aromatic carbocycles. The van der Waals surface area contributed by atoms with Crippen LogP contribution in [-0.2, 0) is 21.4 Å². The standard InChI is InChI=1S/C29H26FN3O3S/c1-3-32-27-7-5-4-6-25(27)26-18-22(12-17-28(26)32)31-29(34)19-33(23-13-10-21(30)11-14-23)37(35,36)24-15-8-20(2)9-16-24/h4-18H,3,19H2,1-2H3,(H,31,34). The minimum atomic E-state index is -4.09. The van der Waals surface area contributed by atoms with Crippen molar-refractivity contribution in [3.8, 4) is 0 Å². The zero-order chi connectivity index (χ0) is 26.2. The number of amides is 1. The molecule has 6 nitrogen and oxygen atoms in total. The number of carbonyl (C=O) groups is 1. The van der Waals surface area contributed by atoms with Gasteiger partial charge in [-0.15, -0.1) is 0 Å². The summed E-state index contributed by atoms with van der Waals surface area (Å²) in [5.41, 5.74) is 3.82. The van der Waals surface area contributed by atoms with Crippen molar-refractivity contribution in [2.75, 3.05) is 16.2 Å². The molecule has 37 heavy (non-hydrogen) atoms. The summed E-state index contributed by atoms with van der Waals surface area (Å²) in [7, 11) is -4.09. The number of carbonyl (C=O) groups excluding carboxylic acids is 1. The van der Waals surface area contributed by atoms with E-state index < -0.39 is 28.3 Å². The van der Waals surface area contributed by atoms with E-state index in [2.05, 4.69) is 22.9 Å². The maximum Gasteiger partial charge on any atom is 0.264 e. The summed E-state index contributed by atoms with van der Waals surface area (Å²) >= 11 is 0. The lowest BCUT2D eigenvalue weighted by Gasteiger charge is -2.24. The van der Waals surface area contributed by atoms with Crippen LogP contribution in [0.1, 0.15) is 12.5 Å². The van der Waals surface area contributed by atoms with Crippen LogP contribution in [0.4, 0.5) is 15.8 Å². The number of anilines is 2. The lowest BCUT2D eigenvalue weighted by Crippen LogP contribution is -2.38. The summed E-state index contributed by atoms with van der Waals surface area (Å²) in [6, 6.07) is 25.1. The fourth-order valence-corrected chi connectivity index (χ4v) is 5.98. The predicted octanol–water partition coefficient (Wildman–Crippen LogP) is 6.10. The number of aryl methyl sites for hydroxylation is 2. The van der Waals surface area contributed by atoms with Crippen molar-refractivity contribution in [3.63, 3.8) is 0 Å². The molecular formula is C29H26FN3O3S. The minimum Gasteiger partial charge on any atom is -0.341 e. The van der Waals surface area contributed by atoms with Crippen LogP contribution in [0.2, 0.25) is 0 Å². The van der Waals surface area contributed by atoms with Crippen LogP contribution >= 0.6 is 0 Å². The van der Waals surface area contributed by atoms with E-state index in [9.17, 15) is 17.6 Å². The van der Waals surface area contributed by atoms with Crippen molar-refractivity contribution in [2.24, 2.45) is 0 Å². The topological polar surface area (TPSA) is 71.4 Å². The fraction of sp³-hybridized carbons (Fsp3) is 0.138. The number of hydrogen-bond acceptors (Lipinski definition) is 3. The third-order valence-electron chi connectivity index (χ3n) is 6.38. The maximum atomic E-state index is 13.6. The molecule has 1 N–H and O–H groups in total. The Bertz CT molecular complexity index is 1710. The smallest absolute Gasteiger partial charge is 0.264 e. The van der Waals surface area contributed by atoms with Crippen molar-refractivity contribution in [1.29, 1.82) is 0 Å². The normalized spacial score (nSPS) is 11.6. The summed E-state index contributed by atoms with van der Waals surface area (Å²) in [5.74, 6) is -1.01. The summed E-state index contributed by atoms with van der Waals surface area (Å²) in [4.78, 5) is 13.2. The van der Waals surface area contributed by atoms with Crippen LogP contribution < -0.4 is 9.62 Å². The molecule has 0 fully saturated rings. The van der Waals surface area contributed by atoms with Crippen LogP contribution in [0.5, 0.6) is 0 Å².